The van der Waals surface area contributed by atoms with E-state index in [1.807, 2.05) is 24.3 Å². The number of fused-ring (bicyclic) bond motifs is 1. The number of nitrogens with one attached hydrogen (secondary N) is 2. The minimum Gasteiger partial charge on any atom is -0.444 e. The number of carbonyl (C=O) groups excluding carboxylic acids is 2. The molecule has 10 heteroatoms. The Morgan fingerprint density at radius 3 is 2.74 bits per heavy atom. The van der Waals surface area contributed by atoms with Crippen LogP contribution in [0.2, 0.25) is 0 Å². The van der Waals surface area contributed by atoms with Gasteiger partial charge in [0.1, 0.15) is 17.5 Å². The van der Waals surface area contributed by atoms with Crippen LogP contribution in [-0.2, 0) is 4.74 Å². The summed E-state index contributed by atoms with van der Waals surface area (Å²) in [5, 5.41) is 20.0. The van der Waals surface area contributed by atoms with Gasteiger partial charge in [-0.25, -0.2) is 9.18 Å². The summed E-state index contributed by atoms with van der Waals surface area (Å²) in [6, 6.07) is 13.7. The average Bonchev–Trinajstić information content (AvgIpc) is 3.54. The normalized spacial score (nSPS) is 15.7. The first-order valence-corrected chi connectivity index (χ1v) is 13.5. The molecule has 0 unspecified atom stereocenters. The summed E-state index contributed by atoms with van der Waals surface area (Å²) in [4.78, 5) is 29.0. The van der Waals surface area contributed by atoms with Gasteiger partial charge in [-0.05, 0) is 75.1 Å². The van der Waals surface area contributed by atoms with E-state index < -0.39 is 17.5 Å². The lowest BCUT2D eigenvalue weighted by molar-refractivity contribution is 0.0453. The molecule has 0 saturated carbocycles. The molecule has 2 aromatic heterocycles. The zero-order valence-electron chi connectivity index (χ0n) is 21.9. The maximum Gasteiger partial charge on any atom is 0.407 e. The molecule has 2 aromatic carbocycles. The molecule has 1 aliphatic rings. The van der Waals surface area contributed by atoms with Crippen molar-refractivity contribution in [2.24, 2.45) is 0 Å². The lowest BCUT2D eigenvalue weighted by Gasteiger charge is -2.33. The van der Waals surface area contributed by atoms with Crippen LogP contribution in [0.1, 0.15) is 48.8 Å². The fourth-order valence-corrected chi connectivity index (χ4v) is 5.84. The molecule has 0 aliphatic carbocycles. The third-order valence-corrected chi connectivity index (χ3v) is 7.65. The van der Waals surface area contributed by atoms with Crippen molar-refractivity contribution in [3.05, 3.63) is 64.9 Å². The summed E-state index contributed by atoms with van der Waals surface area (Å²) < 4.78 is 20.0. The molecule has 1 fully saturated rings. The highest BCUT2D eigenvalue weighted by atomic mass is 32.1. The monoisotopic (exact) mass is 545 g/mol. The summed E-state index contributed by atoms with van der Waals surface area (Å²) in [5.74, 6) is -0.765. The number of likely N-dealkylation sites (tertiary alicyclic amines) is 1. The van der Waals surface area contributed by atoms with Crippen molar-refractivity contribution in [1.82, 2.24) is 20.4 Å². The first-order chi connectivity index (χ1) is 18.6. The Morgan fingerprint density at radius 1 is 1.21 bits per heavy atom. The third kappa shape index (κ3) is 5.78. The van der Waals surface area contributed by atoms with E-state index in [9.17, 15) is 14.0 Å². The van der Waals surface area contributed by atoms with Crippen molar-refractivity contribution >= 4 is 34.2 Å². The smallest absolute Gasteiger partial charge is 0.407 e. The summed E-state index contributed by atoms with van der Waals surface area (Å²) >= 11 is 1.34. The van der Waals surface area contributed by atoms with Crippen molar-refractivity contribution in [2.45, 2.75) is 45.3 Å². The van der Waals surface area contributed by atoms with Crippen LogP contribution in [0.4, 0.5) is 9.18 Å². The van der Waals surface area contributed by atoms with Gasteiger partial charge in [-0.1, -0.05) is 12.1 Å². The van der Waals surface area contributed by atoms with Gasteiger partial charge >= 0.3 is 6.09 Å². The summed E-state index contributed by atoms with van der Waals surface area (Å²) in [7, 11) is 0. The second-order valence-corrected chi connectivity index (χ2v) is 11.6. The number of benzene rings is 2. The molecule has 1 aliphatic heterocycles. The Hall–Kier alpha value is -4.23. The lowest BCUT2D eigenvalue weighted by Crippen LogP contribution is -2.50. The highest BCUT2D eigenvalue weighted by molar-refractivity contribution is 7.18. The minimum atomic E-state index is -0.614. The van der Waals surface area contributed by atoms with Crippen LogP contribution in [0.5, 0.6) is 0 Å². The number of thiophene rings is 1. The summed E-state index contributed by atoms with van der Waals surface area (Å²) in [5.41, 5.74) is 2.39. The second-order valence-electron chi connectivity index (χ2n) is 10.6. The minimum absolute atomic E-state index is 0.0384. The Balaban J connectivity index is 1.46. The predicted octanol–water partition coefficient (Wildman–Crippen LogP) is 6.10. The molecular weight excluding hydrogens is 517 g/mol. The SMILES string of the molecule is CC(C)(C)OC(=O)N[C@@H]1CCCN(C(=O)c2cc(-c3ccc(C#N)c(F)c3)c(-c3ccc4[nH]ncc4c3)s2)C1. The van der Waals surface area contributed by atoms with E-state index in [2.05, 4.69) is 15.5 Å². The Morgan fingerprint density at radius 2 is 2.00 bits per heavy atom. The number of amides is 2. The number of aromatic amines is 1. The van der Waals surface area contributed by atoms with Crippen LogP contribution >= 0.6 is 11.3 Å². The van der Waals surface area contributed by atoms with E-state index in [1.54, 1.807) is 44.0 Å². The van der Waals surface area contributed by atoms with Crippen molar-refractivity contribution in [1.29, 1.82) is 5.26 Å². The highest BCUT2D eigenvalue weighted by Gasteiger charge is 2.29. The van der Waals surface area contributed by atoms with E-state index in [4.69, 9.17) is 10.00 Å². The van der Waals surface area contributed by atoms with Crippen molar-refractivity contribution < 1.29 is 18.7 Å². The maximum atomic E-state index is 14.6. The number of nitriles is 1. The number of nitrogens with zero attached hydrogens (tertiary/aromatic N) is 3. The topological polar surface area (TPSA) is 111 Å². The number of halogens is 1. The first kappa shape index (κ1) is 26.4. The number of H-pyrrole nitrogens is 1. The molecule has 2 N–H and O–H groups in total. The van der Waals surface area contributed by atoms with Gasteiger partial charge in [-0.3, -0.25) is 9.89 Å². The number of alkyl carbamates (subject to hydrolysis) is 1. The molecule has 5 rings (SSSR count). The number of piperidine rings is 1. The van der Waals surface area contributed by atoms with Gasteiger partial charge in [0.25, 0.3) is 5.91 Å². The summed E-state index contributed by atoms with van der Waals surface area (Å²) in [6.07, 6.45) is 2.72. The van der Waals surface area contributed by atoms with Gasteiger partial charge in [0, 0.05) is 35.0 Å². The van der Waals surface area contributed by atoms with E-state index in [-0.39, 0.29) is 17.5 Å². The van der Waals surface area contributed by atoms with Crippen LogP contribution in [0.15, 0.2) is 48.7 Å². The van der Waals surface area contributed by atoms with E-state index in [1.165, 1.54) is 23.5 Å². The van der Waals surface area contributed by atoms with Crippen LogP contribution in [0, 0.1) is 17.1 Å². The molecule has 8 nitrogen and oxygen atoms in total. The number of rotatable bonds is 4. The van der Waals surface area contributed by atoms with Gasteiger partial charge in [0.05, 0.1) is 22.2 Å². The molecule has 200 valence electrons. The molecule has 39 heavy (non-hydrogen) atoms. The zero-order valence-corrected chi connectivity index (χ0v) is 22.7. The Kier molecular flexibility index (Phi) is 7.10. The van der Waals surface area contributed by atoms with Gasteiger partial charge in [0.15, 0.2) is 0 Å². The van der Waals surface area contributed by atoms with Gasteiger partial charge in [-0.2, -0.15) is 10.4 Å². The molecule has 2 amide bonds. The molecule has 0 radical (unpaired) electrons. The number of hydrogen-bond acceptors (Lipinski definition) is 6. The molecular formula is C29H28FN5O3S. The van der Waals surface area contributed by atoms with Gasteiger partial charge in [-0.15, -0.1) is 11.3 Å². The third-order valence-electron chi connectivity index (χ3n) is 6.48. The number of carbonyl (C=O) groups is 2. The van der Waals surface area contributed by atoms with Crippen molar-refractivity contribution in [3.8, 4) is 27.6 Å². The molecule has 1 saturated heterocycles. The van der Waals surface area contributed by atoms with Crippen LogP contribution in [0.25, 0.3) is 32.5 Å². The molecule has 1 atom stereocenters. The van der Waals surface area contributed by atoms with Crippen LogP contribution in [-0.4, -0.2) is 51.8 Å². The van der Waals surface area contributed by atoms with Crippen LogP contribution < -0.4 is 5.32 Å². The Bertz CT molecular complexity index is 1600. The van der Waals surface area contributed by atoms with Gasteiger partial charge in [0.2, 0.25) is 0 Å². The molecule has 4 aromatic rings. The lowest BCUT2D eigenvalue weighted by atomic mass is 10.00. The van der Waals surface area contributed by atoms with E-state index in [0.717, 1.165) is 34.2 Å². The number of ether oxygens (including phenoxy) is 1. The average molecular weight is 546 g/mol. The number of aromatic nitrogens is 2. The fraction of sp³-hybridized carbons (Fsp3) is 0.310. The fourth-order valence-electron chi connectivity index (χ4n) is 4.69. The largest absolute Gasteiger partial charge is 0.444 e. The van der Waals surface area contributed by atoms with E-state index >= 15 is 0 Å². The standard InChI is InChI=1S/C29H28FN5O3S/c1-29(2,3)38-28(37)33-21-5-4-10-35(16-21)27(36)25-13-22(17-6-7-19(14-31)23(30)12-17)26(39-25)18-8-9-24-20(11-18)15-32-34-24/h6-9,11-13,15,21H,4-5,10,16H2,1-3H3,(H,32,34)(H,33,37)/t21-/m1/s1. The van der Waals surface area contributed by atoms with E-state index in [0.29, 0.717) is 29.1 Å². The highest BCUT2D eigenvalue weighted by Crippen LogP contribution is 2.41. The zero-order chi connectivity index (χ0) is 27.7. The molecule has 0 bridgehead atoms. The Labute approximate surface area is 229 Å². The summed E-state index contributed by atoms with van der Waals surface area (Å²) in [6.45, 7) is 6.35. The quantitative estimate of drug-likeness (QED) is 0.322. The molecule has 0 spiro atoms. The molecule has 3 heterocycles. The van der Waals surface area contributed by atoms with Crippen molar-refractivity contribution in [3.63, 3.8) is 0 Å². The first-order valence-electron chi connectivity index (χ1n) is 12.7. The maximum absolute atomic E-state index is 14.6. The van der Waals surface area contributed by atoms with Crippen LogP contribution in [0.3, 0.4) is 0 Å². The van der Waals surface area contributed by atoms with Gasteiger partial charge < -0.3 is 15.0 Å². The second kappa shape index (κ2) is 10.5. The van der Waals surface area contributed by atoms with Crippen molar-refractivity contribution in [2.75, 3.05) is 13.1 Å². The predicted molar refractivity (Wildman–Crippen MR) is 148 cm³/mol. The number of hydrogen-bond donors (Lipinski definition) is 2.